The van der Waals surface area contributed by atoms with Crippen LogP contribution in [-0.2, 0) is 20.2 Å². The smallest absolute Gasteiger partial charge is 0.282 e. The average Bonchev–Trinajstić information content (AvgIpc) is 3.44. The summed E-state index contributed by atoms with van der Waals surface area (Å²) in [6, 6.07) is 10.0. The second kappa shape index (κ2) is 8.08. The van der Waals surface area contributed by atoms with E-state index in [-0.39, 0.29) is 28.1 Å². The van der Waals surface area contributed by atoms with Crippen LogP contribution in [0.25, 0.3) is 34.7 Å². The van der Waals surface area contributed by atoms with Gasteiger partial charge in [0.1, 0.15) is 21.2 Å². The fourth-order valence-corrected chi connectivity index (χ4v) is 5.38. The molecule has 0 aliphatic heterocycles. The minimum atomic E-state index is -5.21. The molecule has 2 aromatic carbocycles. The molecule has 0 aliphatic rings. The van der Waals surface area contributed by atoms with E-state index in [1.165, 1.54) is 30.6 Å². The number of H-pyrrole nitrogens is 2. The molecule has 0 atom stereocenters. The maximum Gasteiger partial charge on any atom is 0.296 e. The number of hydrogen-bond donors (Lipinski definition) is 4. The van der Waals surface area contributed by atoms with Gasteiger partial charge in [0.25, 0.3) is 20.2 Å². The highest BCUT2D eigenvalue weighted by molar-refractivity contribution is 7.89. The van der Waals surface area contributed by atoms with Gasteiger partial charge in [-0.2, -0.15) is 16.8 Å². The SMILES string of the molecule is O=S(=O)(O)c1c(C=Cc2ccccc2)cc(-c2c[nH]nn2)c(-c2c[nH]nn2)c1S(=O)(=O)O. The lowest BCUT2D eigenvalue weighted by Crippen LogP contribution is -2.13. The van der Waals surface area contributed by atoms with Crippen molar-refractivity contribution in [2.45, 2.75) is 9.79 Å². The van der Waals surface area contributed by atoms with Gasteiger partial charge in [0.05, 0.1) is 12.4 Å². The quantitative estimate of drug-likeness (QED) is 0.237. The molecule has 0 radical (unpaired) electrons. The van der Waals surface area contributed by atoms with E-state index in [1.807, 2.05) is 0 Å². The maximum atomic E-state index is 12.4. The van der Waals surface area contributed by atoms with Crippen LogP contribution in [0, 0.1) is 0 Å². The van der Waals surface area contributed by atoms with E-state index >= 15 is 0 Å². The second-order valence-electron chi connectivity index (χ2n) is 6.46. The Balaban J connectivity index is 2.16. The molecule has 2 aromatic heterocycles. The highest BCUT2D eigenvalue weighted by atomic mass is 32.2. The van der Waals surface area contributed by atoms with Crippen molar-refractivity contribution < 1.29 is 25.9 Å². The van der Waals surface area contributed by atoms with Crippen molar-refractivity contribution >= 4 is 32.4 Å². The minimum Gasteiger partial charge on any atom is -0.282 e. The van der Waals surface area contributed by atoms with Gasteiger partial charge in [-0.1, -0.05) is 52.9 Å². The van der Waals surface area contributed by atoms with Gasteiger partial charge in [-0.25, -0.2) is 0 Å². The lowest BCUT2D eigenvalue weighted by atomic mass is 9.98. The number of nitrogens with one attached hydrogen (secondary N) is 2. The summed E-state index contributed by atoms with van der Waals surface area (Å²) >= 11 is 0. The maximum absolute atomic E-state index is 12.4. The molecular formula is C18H14N6O6S2. The van der Waals surface area contributed by atoms with E-state index in [0.29, 0.717) is 5.56 Å². The molecule has 0 saturated carbocycles. The van der Waals surface area contributed by atoms with Crippen LogP contribution in [0.4, 0.5) is 0 Å². The van der Waals surface area contributed by atoms with E-state index in [4.69, 9.17) is 0 Å². The molecule has 32 heavy (non-hydrogen) atoms. The summed E-state index contributed by atoms with van der Waals surface area (Å²) in [6.45, 7) is 0. The van der Waals surface area contributed by atoms with Crippen LogP contribution in [0.1, 0.15) is 11.1 Å². The van der Waals surface area contributed by atoms with Crippen LogP contribution in [0.3, 0.4) is 0 Å². The summed E-state index contributed by atoms with van der Waals surface area (Å²) in [4.78, 5) is -2.08. The molecule has 0 unspecified atom stereocenters. The zero-order valence-electron chi connectivity index (χ0n) is 15.9. The summed E-state index contributed by atoms with van der Waals surface area (Å²) in [5.74, 6) is 0. The second-order valence-corrected chi connectivity index (χ2v) is 9.17. The molecule has 0 amide bonds. The van der Waals surface area contributed by atoms with Crippen LogP contribution in [0.15, 0.2) is 58.6 Å². The average molecular weight is 474 g/mol. The van der Waals surface area contributed by atoms with Crippen molar-refractivity contribution in [3.63, 3.8) is 0 Å². The van der Waals surface area contributed by atoms with Gasteiger partial charge < -0.3 is 0 Å². The molecule has 4 aromatic rings. The van der Waals surface area contributed by atoms with Crippen LogP contribution in [0.2, 0.25) is 0 Å². The Labute approximate surface area is 181 Å². The summed E-state index contributed by atoms with van der Waals surface area (Å²) in [6.07, 6.45) is 5.34. The van der Waals surface area contributed by atoms with Gasteiger partial charge in [-0.15, -0.1) is 10.2 Å². The van der Waals surface area contributed by atoms with Crippen molar-refractivity contribution in [3.8, 4) is 22.5 Å². The number of rotatable bonds is 6. The molecule has 0 bridgehead atoms. The number of benzene rings is 2. The van der Waals surface area contributed by atoms with Gasteiger partial charge in [-0.3, -0.25) is 19.3 Å². The van der Waals surface area contributed by atoms with E-state index < -0.39 is 30.0 Å². The predicted octanol–water partition coefficient (Wildman–Crippen LogP) is 1.92. The number of nitrogens with zero attached hydrogens (tertiary/aromatic N) is 4. The fraction of sp³-hybridized carbons (Fsp3) is 0. The summed E-state index contributed by atoms with van der Waals surface area (Å²) in [5.41, 5.74) is 0.211. The first-order valence-corrected chi connectivity index (χ1v) is 11.7. The minimum absolute atomic E-state index is 0.0698. The van der Waals surface area contributed by atoms with Gasteiger partial charge in [0.15, 0.2) is 0 Å². The van der Waals surface area contributed by atoms with Crippen LogP contribution < -0.4 is 0 Å². The molecule has 0 aliphatic carbocycles. The molecule has 14 heteroatoms. The highest BCUT2D eigenvalue weighted by Crippen LogP contribution is 2.41. The number of aromatic amines is 2. The van der Waals surface area contributed by atoms with Gasteiger partial charge in [0, 0.05) is 11.1 Å². The monoisotopic (exact) mass is 474 g/mol. The summed E-state index contributed by atoms with van der Waals surface area (Å²) in [7, 11) is -10.3. The molecule has 2 heterocycles. The zero-order valence-corrected chi connectivity index (χ0v) is 17.5. The van der Waals surface area contributed by atoms with Gasteiger partial charge in [-0.05, 0) is 17.2 Å². The van der Waals surface area contributed by atoms with Crippen molar-refractivity contribution in [1.29, 1.82) is 0 Å². The molecular weight excluding hydrogens is 460 g/mol. The first-order valence-electron chi connectivity index (χ1n) is 8.79. The van der Waals surface area contributed by atoms with Crippen molar-refractivity contribution in [2.75, 3.05) is 0 Å². The first kappa shape index (κ1) is 21.5. The van der Waals surface area contributed by atoms with Crippen molar-refractivity contribution in [3.05, 3.63) is 59.9 Å². The van der Waals surface area contributed by atoms with E-state index in [2.05, 4.69) is 30.8 Å². The number of aromatic nitrogens is 6. The largest absolute Gasteiger partial charge is 0.296 e. The van der Waals surface area contributed by atoms with E-state index in [9.17, 15) is 25.9 Å². The lowest BCUT2D eigenvalue weighted by Gasteiger charge is -2.16. The standard InChI is InChI=1S/C18H14N6O6S2/c25-31(26,27)17-12(7-6-11-4-2-1-3-5-11)8-13(14-9-19-23-21-14)16(15-10-20-24-22-15)18(17)32(28,29)30/h1-10H,(H,19,21,23)(H,20,22,24)(H,25,26,27)(H,28,29,30). The van der Waals surface area contributed by atoms with Crippen molar-refractivity contribution in [2.24, 2.45) is 0 Å². The zero-order chi connectivity index (χ0) is 22.9. The van der Waals surface area contributed by atoms with Crippen LogP contribution in [0.5, 0.6) is 0 Å². The fourth-order valence-electron chi connectivity index (χ4n) is 3.16. The molecule has 0 saturated heterocycles. The van der Waals surface area contributed by atoms with Crippen molar-refractivity contribution in [1.82, 2.24) is 30.8 Å². The highest BCUT2D eigenvalue weighted by Gasteiger charge is 2.34. The third-order valence-electron chi connectivity index (χ3n) is 4.40. The first-order chi connectivity index (χ1) is 15.2. The van der Waals surface area contributed by atoms with Crippen LogP contribution >= 0.6 is 0 Å². The predicted molar refractivity (Wildman–Crippen MR) is 112 cm³/mol. The summed E-state index contributed by atoms with van der Waals surface area (Å²) < 4.78 is 69.4. The number of hydrogen-bond acceptors (Lipinski definition) is 8. The Morgan fingerprint density at radius 1 is 0.781 bits per heavy atom. The topological polar surface area (TPSA) is 192 Å². The van der Waals surface area contributed by atoms with E-state index in [0.717, 1.165) is 0 Å². The molecule has 4 N–H and O–H groups in total. The Bertz CT molecular complexity index is 1500. The van der Waals surface area contributed by atoms with Crippen LogP contribution in [-0.4, -0.2) is 56.8 Å². The molecule has 0 fully saturated rings. The molecule has 0 spiro atoms. The summed E-state index contributed by atoms with van der Waals surface area (Å²) in [5, 5.41) is 19.6. The Morgan fingerprint density at radius 2 is 1.38 bits per heavy atom. The Kier molecular flexibility index (Phi) is 5.43. The normalized spacial score (nSPS) is 12.4. The van der Waals surface area contributed by atoms with Gasteiger partial charge >= 0.3 is 0 Å². The molecule has 12 nitrogen and oxygen atoms in total. The molecule has 4 rings (SSSR count). The third-order valence-corrected chi connectivity index (χ3v) is 6.41. The molecule has 164 valence electrons. The Hall–Kier alpha value is -3.72. The Morgan fingerprint density at radius 3 is 1.91 bits per heavy atom. The van der Waals surface area contributed by atoms with E-state index in [1.54, 1.807) is 30.3 Å². The lowest BCUT2D eigenvalue weighted by molar-refractivity contribution is 0.466. The third kappa shape index (κ3) is 4.19. The van der Waals surface area contributed by atoms with Gasteiger partial charge in [0.2, 0.25) is 0 Å².